The molecule has 4 rings (SSSR count). The second-order valence-electron chi connectivity index (χ2n) is 9.54. The zero-order chi connectivity index (χ0) is 25.7. The molecule has 1 saturated carbocycles. The van der Waals surface area contributed by atoms with Gasteiger partial charge in [-0.25, -0.2) is 4.79 Å². The van der Waals surface area contributed by atoms with Gasteiger partial charge in [-0.15, -0.1) is 0 Å². The SMILES string of the molecule is CCOC(=O)c1ccccc1NC(=O)CN1CC[C@]2(O)CCCC[C@H]2[C@H]1c1cc(OC)ccc1OC. The molecule has 1 heterocycles. The smallest absolute Gasteiger partial charge is 0.340 e. The van der Waals surface area contributed by atoms with Gasteiger partial charge >= 0.3 is 5.97 Å². The standard InChI is InChI=1S/C28H36N2O6/c1-4-36-27(32)20-9-5-6-11-23(20)29-25(31)18-30-16-15-28(33)14-8-7-10-22(28)26(30)21-17-19(34-2)12-13-24(21)35-3/h5-6,9,11-13,17,22,26,33H,4,7-8,10,14-16,18H2,1-3H3,(H,29,31)/t22-,26+,28+/m0/s1. The van der Waals surface area contributed by atoms with Gasteiger partial charge in [-0.1, -0.05) is 25.0 Å². The van der Waals surface area contributed by atoms with E-state index in [0.717, 1.165) is 31.2 Å². The van der Waals surface area contributed by atoms with Crippen LogP contribution in [0, 0.1) is 5.92 Å². The molecule has 0 spiro atoms. The van der Waals surface area contributed by atoms with Crippen LogP contribution in [0.5, 0.6) is 11.5 Å². The normalized spacial score (nSPS) is 23.9. The molecule has 36 heavy (non-hydrogen) atoms. The molecule has 1 saturated heterocycles. The minimum atomic E-state index is -0.777. The number of nitrogens with one attached hydrogen (secondary N) is 1. The van der Waals surface area contributed by atoms with E-state index in [2.05, 4.69) is 10.2 Å². The van der Waals surface area contributed by atoms with Crippen molar-refractivity contribution >= 4 is 17.6 Å². The summed E-state index contributed by atoms with van der Waals surface area (Å²) in [7, 11) is 3.25. The number of carbonyl (C=O) groups is 2. The lowest BCUT2D eigenvalue weighted by Crippen LogP contribution is -2.56. The molecule has 0 bridgehead atoms. The van der Waals surface area contributed by atoms with Gasteiger partial charge in [0.05, 0.1) is 44.2 Å². The summed E-state index contributed by atoms with van der Waals surface area (Å²) in [5.74, 6) is 0.648. The lowest BCUT2D eigenvalue weighted by molar-refractivity contribution is -0.135. The van der Waals surface area contributed by atoms with Gasteiger partial charge in [0.1, 0.15) is 11.5 Å². The average Bonchev–Trinajstić information content (AvgIpc) is 2.88. The molecule has 1 aliphatic carbocycles. The molecule has 3 atom stereocenters. The third kappa shape index (κ3) is 5.34. The van der Waals surface area contributed by atoms with Crippen LogP contribution < -0.4 is 14.8 Å². The van der Waals surface area contributed by atoms with Crippen molar-refractivity contribution in [1.29, 1.82) is 0 Å². The molecular formula is C28H36N2O6. The van der Waals surface area contributed by atoms with Gasteiger partial charge in [-0.05, 0) is 56.5 Å². The second-order valence-corrected chi connectivity index (χ2v) is 9.54. The molecule has 8 heteroatoms. The first-order chi connectivity index (χ1) is 17.4. The Morgan fingerprint density at radius 1 is 1.11 bits per heavy atom. The number of rotatable bonds is 8. The molecule has 1 aliphatic heterocycles. The summed E-state index contributed by atoms with van der Waals surface area (Å²) in [4.78, 5) is 27.8. The number of hydrogen-bond acceptors (Lipinski definition) is 7. The molecule has 0 unspecified atom stereocenters. The first-order valence-electron chi connectivity index (χ1n) is 12.6. The van der Waals surface area contributed by atoms with Gasteiger partial charge < -0.3 is 24.6 Å². The van der Waals surface area contributed by atoms with E-state index in [1.165, 1.54) is 0 Å². The van der Waals surface area contributed by atoms with Gasteiger partial charge in [0, 0.05) is 24.1 Å². The minimum absolute atomic E-state index is 0.0411. The van der Waals surface area contributed by atoms with Crippen LogP contribution in [0.2, 0.25) is 0 Å². The van der Waals surface area contributed by atoms with Crippen LogP contribution in [-0.2, 0) is 9.53 Å². The summed E-state index contributed by atoms with van der Waals surface area (Å²) in [6, 6.07) is 12.3. The Bertz CT molecular complexity index is 1090. The molecule has 2 aliphatic rings. The second kappa shape index (κ2) is 11.3. The number of amides is 1. The van der Waals surface area contributed by atoms with Crippen LogP contribution >= 0.6 is 0 Å². The Labute approximate surface area is 212 Å². The van der Waals surface area contributed by atoms with Gasteiger partial charge in [0.25, 0.3) is 0 Å². The number of ether oxygens (including phenoxy) is 3. The predicted octanol–water partition coefficient (Wildman–Crippen LogP) is 4.19. The van der Waals surface area contributed by atoms with Gasteiger partial charge in [-0.2, -0.15) is 0 Å². The van der Waals surface area contributed by atoms with Crippen LogP contribution in [-0.4, -0.2) is 61.4 Å². The van der Waals surface area contributed by atoms with Crippen molar-refractivity contribution in [2.75, 3.05) is 39.2 Å². The number of methoxy groups -OCH3 is 2. The summed E-state index contributed by atoms with van der Waals surface area (Å²) < 4.78 is 16.3. The maximum atomic E-state index is 13.3. The number of nitrogens with zero attached hydrogens (tertiary/aromatic N) is 1. The van der Waals surface area contributed by atoms with Gasteiger partial charge in [-0.3, -0.25) is 9.69 Å². The third-order valence-electron chi connectivity index (χ3n) is 7.47. The topological polar surface area (TPSA) is 97.3 Å². The van der Waals surface area contributed by atoms with E-state index in [-0.39, 0.29) is 31.0 Å². The number of likely N-dealkylation sites (tertiary alicyclic amines) is 1. The average molecular weight is 497 g/mol. The van der Waals surface area contributed by atoms with Crippen molar-refractivity contribution in [3.8, 4) is 11.5 Å². The van der Waals surface area contributed by atoms with Gasteiger partial charge in [0.2, 0.25) is 5.91 Å². The largest absolute Gasteiger partial charge is 0.497 e. The Kier molecular flexibility index (Phi) is 8.16. The number of carbonyl (C=O) groups excluding carboxylic acids is 2. The lowest BCUT2D eigenvalue weighted by atomic mass is 9.66. The van der Waals surface area contributed by atoms with Crippen molar-refractivity contribution in [2.45, 2.75) is 50.7 Å². The molecular weight excluding hydrogens is 460 g/mol. The molecule has 8 nitrogen and oxygen atoms in total. The Hall–Kier alpha value is -3.10. The Morgan fingerprint density at radius 3 is 2.67 bits per heavy atom. The summed E-state index contributed by atoms with van der Waals surface area (Å²) >= 11 is 0. The van der Waals surface area contributed by atoms with E-state index in [1.54, 1.807) is 45.4 Å². The van der Waals surface area contributed by atoms with E-state index < -0.39 is 11.6 Å². The molecule has 0 radical (unpaired) electrons. The zero-order valence-corrected chi connectivity index (χ0v) is 21.3. The molecule has 2 aromatic rings. The number of esters is 1. The van der Waals surface area contributed by atoms with Crippen LogP contribution in [0.15, 0.2) is 42.5 Å². The van der Waals surface area contributed by atoms with Gasteiger partial charge in [0.15, 0.2) is 0 Å². The van der Waals surface area contributed by atoms with Crippen molar-refractivity contribution in [3.05, 3.63) is 53.6 Å². The number of benzene rings is 2. The molecule has 2 N–H and O–H groups in total. The van der Waals surface area contributed by atoms with Crippen LogP contribution in [0.1, 0.15) is 61.0 Å². The van der Waals surface area contributed by atoms with Crippen LogP contribution in [0.3, 0.4) is 0 Å². The maximum absolute atomic E-state index is 13.3. The molecule has 1 amide bonds. The highest BCUT2D eigenvalue weighted by atomic mass is 16.5. The lowest BCUT2D eigenvalue weighted by Gasteiger charge is -2.52. The fourth-order valence-electron chi connectivity index (χ4n) is 5.76. The monoisotopic (exact) mass is 496 g/mol. The van der Waals surface area contributed by atoms with E-state index in [9.17, 15) is 14.7 Å². The number of anilines is 1. The molecule has 2 fully saturated rings. The Morgan fingerprint density at radius 2 is 1.92 bits per heavy atom. The van der Waals surface area contributed by atoms with E-state index in [1.807, 2.05) is 18.2 Å². The van der Waals surface area contributed by atoms with Crippen molar-refractivity contribution in [1.82, 2.24) is 4.90 Å². The number of para-hydroxylation sites is 1. The highest BCUT2D eigenvalue weighted by molar-refractivity contribution is 6.01. The van der Waals surface area contributed by atoms with Crippen molar-refractivity contribution in [2.24, 2.45) is 5.92 Å². The van der Waals surface area contributed by atoms with Crippen LogP contribution in [0.25, 0.3) is 0 Å². The fraction of sp³-hybridized carbons (Fsp3) is 0.500. The minimum Gasteiger partial charge on any atom is -0.497 e. The van der Waals surface area contributed by atoms with Crippen molar-refractivity contribution < 1.29 is 28.9 Å². The number of hydrogen-bond donors (Lipinski definition) is 2. The summed E-state index contributed by atoms with van der Waals surface area (Å²) in [6.07, 6.45) is 4.26. The number of piperidine rings is 1. The predicted molar refractivity (Wildman–Crippen MR) is 136 cm³/mol. The zero-order valence-electron chi connectivity index (χ0n) is 21.3. The third-order valence-corrected chi connectivity index (χ3v) is 7.47. The first kappa shape index (κ1) is 26.0. The van der Waals surface area contributed by atoms with E-state index in [4.69, 9.17) is 14.2 Å². The highest BCUT2D eigenvalue weighted by Crippen LogP contribution is 2.51. The van der Waals surface area contributed by atoms with Crippen molar-refractivity contribution in [3.63, 3.8) is 0 Å². The first-order valence-corrected chi connectivity index (χ1v) is 12.6. The number of fused-ring (bicyclic) bond motifs is 1. The fourth-order valence-corrected chi connectivity index (χ4v) is 5.76. The van der Waals surface area contributed by atoms with E-state index >= 15 is 0 Å². The Balaban J connectivity index is 1.63. The molecule has 2 aromatic carbocycles. The number of aliphatic hydroxyl groups is 1. The summed E-state index contributed by atoms with van der Waals surface area (Å²) in [6.45, 7) is 2.66. The summed E-state index contributed by atoms with van der Waals surface area (Å²) in [5.41, 5.74) is 0.865. The molecule has 194 valence electrons. The maximum Gasteiger partial charge on any atom is 0.340 e. The summed E-state index contributed by atoms with van der Waals surface area (Å²) in [5, 5.41) is 14.5. The highest BCUT2D eigenvalue weighted by Gasteiger charge is 2.50. The quantitative estimate of drug-likeness (QED) is 0.529. The van der Waals surface area contributed by atoms with Crippen LogP contribution in [0.4, 0.5) is 5.69 Å². The molecule has 0 aromatic heterocycles. The van der Waals surface area contributed by atoms with E-state index in [0.29, 0.717) is 35.7 Å².